The first-order chi connectivity index (χ1) is 11.5. The Balaban J connectivity index is 2.15. The summed E-state index contributed by atoms with van der Waals surface area (Å²) in [7, 11) is 0. The number of benzene rings is 1. The zero-order valence-corrected chi connectivity index (χ0v) is 15.5. The normalized spacial score (nSPS) is 18.2. The van der Waals surface area contributed by atoms with Crippen LogP contribution in [0.2, 0.25) is 0 Å². The molecule has 1 atom stereocenters. The number of halogens is 1. The highest BCUT2D eigenvalue weighted by Gasteiger charge is 2.25. The molecule has 1 aliphatic heterocycles. The lowest BCUT2D eigenvalue weighted by Gasteiger charge is -2.30. The summed E-state index contributed by atoms with van der Waals surface area (Å²) >= 11 is 3.55. The quantitative estimate of drug-likeness (QED) is 0.677. The number of likely N-dealkylation sites (tertiary alicyclic amines) is 1. The maximum Gasteiger partial charge on any atom is 0.307 e. The van der Waals surface area contributed by atoms with Crippen LogP contribution < -0.4 is 9.47 Å². The summed E-state index contributed by atoms with van der Waals surface area (Å²) in [6.07, 6.45) is 3.36. The highest BCUT2D eigenvalue weighted by molar-refractivity contribution is 9.10. The average Bonchev–Trinajstić information content (AvgIpc) is 2.54. The third-order valence-electron chi connectivity index (χ3n) is 3.98. The van der Waals surface area contributed by atoms with E-state index < -0.39 is 5.97 Å². The Hall–Kier alpha value is -1.53. The van der Waals surface area contributed by atoms with E-state index in [4.69, 9.17) is 9.47 Å². The standard InChI is InChI=1S/C18H24BrNO4/c1-3-8-24-17-15(19)9-13(10-16(17)23-4-2)11-20-7-5-6-14(12-20)18(21)22/h3,9-10,14H,1,4-8,11-12H2,2H3,(H,21,22). The van der Waals surface area contributed by atoms with Crippen molar-refractivity contribution in [3.05, 3.63) is 34.8 Å². The SMILES string of the molecule is C=CCOc1c(Br)cc(CN2CCCC(C(=O)O)C2)cc1OCC. The summed E-state index contributed by atoms with van der Waals surface area (Å²) in [6, 6.07) is 3.97. The zero-order valence-electron chi connectivity index (χ0n) is 14.0. The Labute approximate surface area is 151 Å². The second kappa shape index (κ2) is 9.08. The van der Waals surface area contributed by atoms with Crippen molar-refractivity contribution in [2.75, 3.05) is 26.3 Å². The molecule has 2 rings (SSSR count). The molecule has 1 N–H and O–H groups in total. The molecule has 0 amide bonds. The molecule has 0 radical (unpaired) electrons. The smallest absolute Gasteiger partial charge is 0.307 e. The summed E-state index contributed by atoms with van der Waals surface area (Å²) < 4.78 is 12.2. The van der Waals surface area contributed by atoms with Gasteiger partial charge in [0, 0.05) is 13.1 Å². The number of carboxylic acid groups (broad SMARTS) is 1. The van der Waals surface area contributed by atoms with Gasteiger partial charge in [-0.05, 0) is 59.9 Å². The van der Waals surface area contributed by atoms with E-state index in [0.29, 0.717) is 37.8 Å². The molecule has 0 saturated carbocycles. The Morgan fingerprint density at radius 1 is 1.50 bits per heavy atom. The molecule has 1 saturated heterocycles. The van der Waals surface area contributed by atoms with Gasteiger partial charge in [-0.2, -0.15) is 0 Å². The van der Waals surface area contributed by atoms with Crippen LogP contribution in [0.25, 0.3) is 0 Å². The molecule has 1 aliphatic rings. The Morgan fingerprint density at radius 3 is 2.96 bits per heavy atom. The predicted octanol–water partition coefficient (Wildman–Crippen LogP) is 3.71. The lowest BCUT2D eigenvalue weighted by Crippen LogP contribution is -2.38. The van der Waals surface area contributed by atoms with Gasteiger partial charge in [0.2, 0.25) is 0 Å². The van der Waals surface area contributed by atoms with Gasteiger partial charge in [0.1, 0.15) is 6.61 Å². The summed E-state index contributed by atoms with van der Waals surface area (Å²) in [5.74, 6) is 0.380. The van der Waals surface area contributed by atoms with Crippen molar-refractivity contribution in [1.82, 2.24) is 4.90 Å². The van der Waals surface area contributed by atoms with E-state index in [9.17, 15) is 9.90 Å². The molecule has 6 heteroatoms. The molecular weight excluding hydrogens is 374 g/mol. The second-order valence-electron chi connectivity index (χ2n) is 5.85. The van der Waals surface area contributed by atoms with Gasteiger partial charge in [0.25, 0.3) is 0 Å². The van der Waals surface area contributed by atoms with Crippen LogP contribution in [0, 0.1) is 5.92 Å². The third-order valence-corrected chi connectivity index (χ3v) is 4.56. The molecule has 1 aromatic carbocycles. The molecule has 1 fully saturated rings. The topological polar surface area (TPSA) is 59.0 Å². The van der Waals surface area contributed by atoms with Crippen molar-refractivity contribution >= 4 is 21.9 Å². The summed E-state index contributed by atoms with van der Waals surface area (Å²) in [4.78, 5) is 13.4. The zero-order chi connectivity index (χ0) is 17.5. The highest BCUT2D eigenvalue weighted by Crippen LogP contribution is 2.37. The van der Waals surface area contributed by atoms with E-state index in [1.165, 1.54) is 0 Å². The molecule has 0 bridgehead atoms. The molecule has 0 spiro atoms. The van der Waals surface area contributed by atoms with Crippen LogP contribution in [0.4, 0.5) is 0 Å². The van der Waals surface area contributed by atoms with Crippen molar-refractivity contribution in [2.24, 2.45) is 5.92 Å². The van der Waals surface area contributed by atoms with E-state index in [1.54, 1.807) is 6.08 Å². The third kappa shape index (κ3) is 4.98. The van der Waals surface area contributed by atoms with Gasteiger partial charge in [-0.15, -0.1) is 0 Å². The molecule has 1 aromatic rings. The van der Waals surface area contributed by atoms with E-state index in [2.05, 4.69) is 27.4 Å². The Bertz CT molecular complexity index is 591. The average molecular weight is 398 g/mol. The monoisotopic (exact) mass is 397 g/mol. The molecule has 5 nitrogen and oxygen atoms in total. The number of hydrogen-bond acceptors (Lipinski definition) is 4. The maximum absolute atomic E-state index is 11.2. The predicted molar refractivity (Wildman–Crippen MR) is 96.6 cm³/mol. The number of piperidine rings is 1. The van der Waals surface area contributed by atoms with Crippen LogP contribution in [0.5, 0.6) is 11.5 Å². The molecule has 0 aliphatic carbocycles. The molecule has 1 unspecified atom stereocenters. The minimum absolute atomic E-state index is 0.274. The molecule has 24 heavy (non-hydrogen) atoms. The van der Waals surface area contributed by atoms with Gasteiger partial charge < -0.3 is 14.6 Å². The van der Waals surface area contributed by atoms with Gasteiger partial charge in [0.05, 0.1) is 17.0 Å². The highest BCUT2D eigenvalue weighted by atomic mass is 79.9. The lowest BCUT2D eigenvalue weighted by atomic mass is 9.98. The second-order valence-corrected chi connectivity index (χ2v) is 6.70. The molecule has 132 valence electrons. The van der Waals surface area contributed by atoms with Gasteiger partial charge in [-0.1, -0.05) is 12.7 Å². The van der Waals surface area contributed by atoms with Crippen molar-refractivity contribution in [3.63, 3.8) is 0 Å². The fourth-order valence-corrected chi connectivity index (χ4v) is 3.52. The molecular formula is C18H24BrNO4. The largest absolute Gasteiger partial charge is 0.490 e. The first kappa shape index (κ1) is 18.8. The van der Waals surface area contributed by atoms with Gasteiger partial charge >= 0.3 is 5.97 Å². The minimum atomic E-state index is -0.705. The van der Waals surface area contributed by atoms with Crippen LogP contribution >= 0.6 is 15.9 Å². The Morgan fingerprint density at radius 2 is 2.29 bits per heavy atom. The number of aliphatic carboxylic acids is 1. The van der Waals surface area contributed by atoms with Gasteiger partial charge in [-0.3, -0.25) is 9.69 Å². The van der Waals surface area contributed by atoms with Crippen molar-refractivity contribution < 1.29 is 19.4 Å². The molecule has 1 heterocycles. The Kier molecular flexibility index (Phi) is 7.12. The van der Waals surface area contributed by atoms with Crippen LogP contribution in [-0.2, 0) is 11.3 Å². The van der Waals surface area contributed by atoms with Gasteiger partial charge in [-0.25, -0.2) is 0 Å². The first-order valence-electron chi connectivity index (χ1n) is 8.19. The number of rotatable bonds is 8. The van der Waals surface area contributed by atoms with Gasteiger partial charge in [0.15, 0.2) is 11.5 Å². The minimum Gasteiger partial charge on any atom is -0.490 e. The fraction of sp³-hybridized carbons (Fsp3) is 0.500. The van der Waals surface area contributed by atoms with Crippen LogP contribution in [0.1, 0.15) is 25.3 Å². The summed E-state index contributed by atoms with van der Waals surface area (Å²) in [5, 5.41) is 9.22. The van der Waals surface area contributed by atoms with Crippen LogP contribution in [-0.4, -0.2) is 42.3 Å². The molecule has 0 aromatic heterocycles. The maximum atomic E-state index is 11.2. The lowest BCUT2D eigenvalue weighted by molar-refractivity contribution is -0.143. The van der Waals surface area contributed by atoms with Crippen molar-refractivity contribution in [1.29, 1.82) is 0 Å². The van der Waals surface area contributed by atoms with E-state index in [-0.39, 0.29) is 5.92 Å². The number of carbonyl (C=O) groups is 1. The van der Waals surface area contributed by atoms with E-state index in [0.717, 1.165) is 29.4 Å². The summed E-state index contributed by atoms with van der Waals surface area (Å²) in [6.45, 7) is 8.75. The van der Waals surface area contributed by atoms with Crippen LogP contribution in [0.15, 0.2) is 29.3 Å². The number of ether oxygens (including phenoxy) is 2. The summed E-state index contributed by atoms with van der Waals surface area (Å²) in [5.41, 5.74) is 1.07. The van der Waals surface area contributed by atoms with E-state index >= 15 is 0 Å². The number of hydrogen-bond donors (Lipinski definition) is 1. The van der Waals surface area contributed by atoms with Crippen LogP contribution in [0.3, 0.4) is 0 Å². The number of nitrogens with zero attached hydrogens (tertiary/aromatic N) is 1. The fourth-order valence-electron chi connectivity index (χ4n) is 2.92. The number of carboxylic acids is 1. The van der Waals surface area contributed by atoms with Crippen molar-refractivity contribution in [3.8, 4) is 11.5 Å². The van der Waals surface area contributed by atoms with Crippen molar-refractivity contribution in [2.45, 2.75) is 26.3 Å². The first-order valence-corrected chi connectivity index (χ1v) is 8.98. The van der Waals surface area contributed by atoms with E-state index in [1.807, 2.05) is 19.1 Å².